The first kappa shape index (κ1) is 15.3. The van der Waals surface area contributed by atoms with Crippen LogP contribution in [0.15, 0.2) is 34.3 Å². The molecule has 3 aromatic rings. The molecule has 0 spiro atoms. The lowest BCUT2D eigenvalue weighted by Crippen LogP contribution is -2.20. The molecule has 0 amide bonds. The van der Waals surface area contributed by atoms with Gasteiger partial charge in [-0.05, 0) is 18.2 Å². The van der Waals surface area contributed by atoms with E-state index in [0.717, 1.165) is 23.5 Å². The van der Waals surface area contributed by atoms with Crippen LogP contribution in [0.2, 0.25) is 10.0 Å². The summed E-state index contributed by atoms with van der Waals surface area (Å²) < 4.78 is 5.29. The number of thiazole rings is 1. The van der Waals surface area contributed by atoms with Crippen LogP contribution < -0.4 is 4.90 Å². The summed E-state index contributed by atoms with van der Waals surface area (Å²) in [5.41, 5.74) is 0.723. The van der Waals surface area contributed by atoms with Gasteiger partial charge in [-0.1, -0.05) is 28.4 Å². The number of aromatic nitrogens is 3. The van der Waals surface area contributed by atoms with Gasteiger partial charge in [0.15, 0.2) is 0 Å². The molecule has 0 unspecified atom stereocenters. The minimum atomic E-state index is 0.447. The number of likely N-dealkylation sites (N-methyl/N-ethyl adjacent to an activating group) is 1. The Morgan fingerprint density at radius 2 is 2.00 bits per heavy atom. The Balaban J connectivity index is 1.72. The Hall–Kier alpha value is -1.63. The molecule has 0 N–H and O–H groups in total. The minimum absolute atomic E-state index is 0.447. The molecule has 2 aromatic heterocycles. The van der Waals surface area contributed by atoms with Crippen molar-refractivity contribution in [3.8, 4) is 11.4 Å². The smallest absolute Gasteiger partial charge is 0.324 e. The molecule has 8 heteroatoms. The van der Waals surface area contributed by atoms with Crippen LogP contribution in [0.4, 0.5) is 6.01 Å². The fourth-order valence-electron chi connectivity index (χ4n) is 1.91. The van der Waals surface area contributed by atoms with Crippen molar-refractivity contribution in [3.63, 3.8) is 0 Å². The highest BCUT2D eigenvalue weighted by Crippen LogP contribution is 2.26. The first-order chi connectivity index (χ1) is 10.6. The van der Waals surface area contributed by atoms with E-state index >= 15 is 0 Å². The average molecular weight is 355 g/mol. The summed E-state index contributed by atoms with van der Waals surface area (Å²) in [4.78, 5) is 10.5. The monoisotopic (exact) mass is 354 g/mol. The van der Waals surface area contributed by atoms with Crippen molar-refractivity contribution in [1.82, 2.24) is 15.1 Å². The molecular weight excluding hydrogens is 343 g/mol. The molecule has 0 saturated heterocycles. The van der Waals surface area contributed by atoms with Crippen LogP contribution in [0.25, 0.3) is 11.4 Å². The third kappa shape index (κ3) is 3.58. The topological polar surface area (TPSA) is 55.1 Å². The first-order valence-electron chi connectivity index (χ1n) is 6.51. The minimum Gasteiger partial charge on any atom is -0.327 e. The van der Waals surface area contributed by atoms with E-state index < -0.39 is 0 Å². The Morgan fingerprint density at radius 1 is 1.23 bits per heavy atom. The molecule has 0 aliphatic carbocycles. The van der Waals surface area contributed by atoms with Crippen molar-refractivity contribution in [1.29, 1.82) is 0 Å². The summed E-state index contributed by atoms with van der Waals surface area (Å²) in [6, 6.07) is 5.60. The van der Waals surface area contributed by atoms with Crippen molar-refractivity contribution >= 4 is 40.6 Å². The van der Waals surface area contributed by atoms with Crippen molar-refractivity contribution in [2.45, 2.75) is 6.42 Å². The third-order valence-corrected chi connectivity index (χ3v) is 4.28. The second-order valence-corrected chi connectivity index (χ2v) is 6.51. The predicted octanol–water partition coefficient (Wildman–Crippen LogP) is 4.18. The van der Waals surface area contributed by atoms with E-state index in [1.165, 1.54) is 0 Å². The maximum Gasteiger partial charge on any atom is 0.324 e. The Morgan fingerprint density at radius 3 is 2.68 bits per heavy atom. The fraction of sp³-hybridized carbons (Fsp3) is 0.214. The first-order valence-corrected chi connectivity index (χ1v) is 8.15. The van der Waals surface area contributed by atoms with Gasteiger partial charge >= 0.3 is 6.01 Å². The average Bonchev–Trinajstić information content (AvgIpc) is 3.15. The molecule has 22 heavy (non-hydrogen) atoms. The van der Waals surface area contributed by atoms with Crippen LogP contribution >= 0.6 is 34.5 Å². The largest absolute Gasteiger partial charge is 0.327 e. The Bertz CT molecular complexity index is 740. The van der Waals surface area contributed by atoms with Crippen LogP contribution in [-0.2, 0) is 6.42 Å². The van der Waals surface area contributed by atoms with Gasteiger partial charge in [0, 0.05) is 47.2 Å². The number of rotatable bonds is 5. The molecule has 0 saturated carbocycles. The van der Waals surface area contributed by atoms with Crippen LogP contribution in [-0.4, -0.2) is 28.7 Å². The third-order valence-electron chi connectivity index (χ3n) is 3.01. The molecule has 3 rings (SSSR count). The summed E-state index contributed by atoms with van der Waals surface area (Å²) in [6.45, 7) is 0.742. The normalized spacial score (nSPS) is 10.9. The molecule has 5 nitrogen and oxygen atoms in total. The zero-order valence-corrected chi connectivity index (χ0v) is 14.0. The molecule has 0 radical (unpaired) electrons. The van der Waals surface area contributed by atoms with Crippen molar-refractivity contribution in [2.24, 2.45) is 0 Å². The van der Waals surface area contributed by atoms with E-state index in [1.54, 1.807) is 35.7 Å². The van der Waals surface area contributed by atoms with Gasteiger partial charge in [-0.3, -0.25) is 0 Å². The summed E-state index contributed by atoms with van der Waals surface area (Å²) in [5.74, 6) is 0.459. The van der Waals surface area contributed by atoms with E-state index in [-0.39, 0.29) is 0 Å². The van der Waals surface area contributed by atoms with E-state index in [1.807, 2.05) is 17.3 Å². The van der Waals surface area contributed by atoms with Crippen LogP contribution in [0.1, 0.15) is 5.01 Å². The molecule has 0 aliphatic rings. The Kier molecular flexibility index (Phi) is 4.61. The molecule has 2 heterocycles. The SMILES string of the molecule is CN(CCc1nccs1)c1nc(-c2cc(Cl)cc(Cl)c2)no1. The molecule has 1 aromatic carbocycles. The highest BCUT2D eigenvalue weighted by atomic mass is 35.5. The highest BCUT2D eigenvalue weighted by Gasteiger charge is 2.13. The van der Waals surface area contributed by atoms with Crippen molar-refractivity contribution in [3.05, 3.63) is 44.8 Å². The summed E-state index contributed by atoms with van der Waals surface area (Å²) in [5, 5.41) is 8.08. The zero-order chi connectivity index (χ0) is 15.5. The molecule has 0 fully saturated rings. The van der Waals surface area contributed by atoms with Crippen molar-refractivity contribution < 1.29 is 4.52 Å². The Labute approximate surface area is 141 Å². The van der Waals surface area contributed by atoms with Gasteiger partial charge in [0.25, 0.3) is 0 Å². The summed E-state index contributed by atoms with van der Waals surface area (Å²) >= 11 is 13.6. The predicted molar refractivity (Wildman–Crippen MR) is 88.8 cm³/mol. The zero-order valence-electron chi connectivity index (χ0n) is 11.7. The quantitative estimate of drug-likeness (QED) is 0.687. The maximum absolute atomic E-state index is 5.99. The van der Waals surface area contributed by atoms with E-state index in [4.69, 9.17) is 27.7 Å². The van der Waals surface area contributed by atoms with Gasteiger partial charge in [-0.25, -0.2) is 4.98 Å². The van der Waals surface area contributed by atoms with Gasteiger partial charge in [0.1, 0.15) is 0 Å². The van der Waals surface area contributed by atoms with Gasteiger partial charge < -0.3 is 9.42 Å². The molecule has 0 bridgehead atoms. The number of hydrogen-bond donors (Lipinski definition) is 0. The number of hydrogen-bond acceptors (Lipinski definition) is 6. The lowest BCUT2D eigenvalue weighted by Gasteiger charge is -2.11. The van der Waals surface area contributed by atoms with Crippen LogP contribution in [0.3, 0.4) is 0 Å². The molecule has 0 atom stereocenters. The van der Waals surface area contributed by atoms with Crippen molar-refractivity contribution in [2.75, 3.05) is 18.5 Å². The molecule has 0 aliphatic heterocycles. The summed E-state index contributed by atoms with van der Waals surface area (Å²) in [6.07, 6.45) is 2.63. The van der Waals surface area contributed by atoms with E-state index in [9.17, 15) is 0 Å². The number of halogens is 2. The second kappa shape index (κ2) is 6.64. The lowest BCUT2D eigenvalue weighted by molar-refractivity contribution is 0.419. The second-order valence-electron chi connectivity index (χ2n) is 4.66. The fourth-order valence-corrected chi connectivity index (χ4v) is 3.04. The van der Waals surface area contributed by atoms with Gasteiger partial charge in [-0.2, -0.15) is 4.98 Å². The van der Waals surface area contributed by atoms with Crippen LogP contribution in [0.5, 0.6) is 0 Å². The maximum atomic E-state index is 5.99. The summed E-state index contributed by atoms with van der Waals surface area (Å²) in [7, 11) is 1.90. The highest BCUT2D eigenvalue weighted by molar-refractivity contribution is 7.09. The van der Waals surface area contributed by atoms with Gasteiger partial charge in [-0.15, -0.1) is 11.3 Å². The van der Waals surface area contributed by atoms with Gasteiger partial charge in [0.2, 0.25) is 5.82 Å². The van der Waals surface area contributed by atoms with Crippen LogP contribution in [0, 0.1) is 0 Å². The number of nitrogens with zero attached hydrogens (tertiary/aromatic N) is 4. The van der Waals surface area contributed by atoms with E-state index in [2.05, 4.69) is 15.1 Å². The molecule has 114 valence electrons. The van der Waals surface area contributed by atoms with Gasteiger partial charge in [0.05, 0.1) is 5.01 Å². The lowest BCUT2D eigenvalue weighted by atomic mass is 10.2. The number of benzene rings is 1. The molecular formula is C14H12Cl2N4OS. The van der Waals surface area contributed by atoms with E-state index in [0.29, 0.717) is 21.9 Å². The standard InChI is InChI=1S/C14H12Cl2N4OS/c1-20(4-2-12-17-3-5-22-12)14-18-13(19-21-14)9-6-10(15)8-11(16)7-9/h3,5-8H,2,4H2,1H3. The number of anilines is 1.